The summed E-state index contributed by atoms with van der Waals surface area (Å²) in [7, 11) is 3.06. The Morgan fingerprint density at radius 3 is 2.44 bits per heavy atom. The molecule has 0 saturated carbocycles. The van der Waals surface area contributed by atoms with Crippen molar-refractivity contribution in [1.82, 2.24) is 24.5 Å². The van der Waals surface area contributed by atoms with E-state index in [9.17, 15) is 18.0 Å². The van der Waals surface area contributed by atoms with Crippen LogP contribution in [-0.2, 0) is 31.0 Å². The summed E-state index contributed by atoms with van der Waals surface area (Å²) >= 11 is 0. The summed E-state index contributed by atoms with van der Waals surface area (Å²) in [5.41, 5.74) is 2.55. The Morgan fingerprint density at radius 1 is 1.06 bits per heavy atom. The number of aryl methyl sites for hydroxylation is 2. The van der Waals surface area contributed by atoms with Gasteiger partial charge in [-0.3, -0.25) is 9.69 Å². The minimum absolute atomic E-state index is 0.107. The van der Waals surface area contributed by atoms with Gasteiger partial charge in [-0.2, -0.15) is 13.2 Å². The molecule has 0 saturated heterocycles. The molecule has 0 aliphatic carbocycles. The van der Waals surface area contributed by atoms with Gasteiger partial charge in [-0.15, -0.1) is 0 Å². The van der Waals surface area contributed by atoms with Crippen molar-refractivity contribution in [3.05, 3.63) is 71.3 Å². The predicted molar refractivity (Wildman–Crippen MR) is 125 cm³/mol. The number of hydrogen-bond donors (Lipinski definition) is 0. The number of pyridine rings is 1. The van der Waals surface area contributed by atoms with Crippen molar-refractivity contribution in [2.45, 2.75) is 26.1 Å². The van der Waals surface area contributed by atoms with Crippen LogP contribution < -0.4 is 9.64 Å². The van der Waals surface area contributed by atoms with Gasteiger partial charge in [0.2, 0.25) is 11.8 Å². The third-order valence-corrected chi connectivity index (χ3v) is 5.97. The molecule has 0 atom stereocenters. The van der Waals surface area contributed by atoms with Gasteiger partial charge in [0.1, 0.15) is 11.6 Å². The van der Waals surface area contributed by atoms with Crippen molar-refractivity contribution in [2.75, 3.05) is 12.0 Å². The second kappa shape index (κ2) is 8.74. The number of hydrogen-bond acceptors (Lipinski definition) is 6. The van der Waals surface area contributed by atoms with Crippen LogP contribution in [0, 0.1) is 6.92 Å². The van der Waals surface area contributed by atoms with Crippen LogP contribution in [0.25, 0.3) is 22.8 Å². The highest BCUT2D eigenvalue weighted by atomic mass is 19.4. The standard InChI is InChI=1S/C25H21F3N6O2/c1-14-18(8-9-20(30-14)36-3)22-29-11-17-10-21(35)34(24(17)32-22)12-15-4-6-16(7-5-15)23-31-19(13-33(23)2)25(26,27)28/h4-9,11,13H,10,12H2,1-3H3. The highest BCUT2D eigenvalue weighted by molar-refractivity contribution is 6.00. The van der Waals surface area contributed by atoms with Gasteiger partial charge < -0.3 is 9.30 Å². The molecule has 1 aliphatic heterocycles. The minimum Gasteiger partial charge on any atom is -0.481 e. The molecular weight excluding hydrogens is 473 g/mol. The molecule has 1 aromatic carbocycles. The normalized spacial score (nSPS) is 13.3. The molecule has 1 aliphatic rings. The lowest BCUT2D eigenvalue weighted by atomic mass is 10.1. The van der Waals surface area contributed by atoms with Gasteiger partial charge in [0, 0.05) is 42.2 Å². The molecule has 5 rings (SSSR count). The van der Waals surface area contributed by atoms with E-state index in [1.807, 2.05) is 13.0 Å². The number of carbonyl (C=O) groups is 1. The van der Waals surface area contributed by atoms with E-state index in [-0.39, 0.29) is 24.7 Å². The van der Waals surface area contributed by atoms with E-state index in [0.717, 1.165) is 22.9 Å². The second-order valence-electron chi connectivity index (χ2n) is 8.44. The van der Waals surface area contributed by atoms with Crippen molar-refractivity contribution in [3.8, 4) is 28.7 Å². The number of amides is 1. The maximum atomic E-state index is 13.0. The Labute approximate surface area is 204 Å². The molecule has 1 amide bonds. The lowest BCUT2D eigenvalue weighted by Crippen LogP contribution is -2.26. The van der Waals surface area contributed by atoms with Crippen molar-refractivity contribution in [2.24, 2.45) is 7.05 Å². The van der Waals surface area contributed by atoms with Gasteiger partial charge in [0.05, 0.1) is 25.8 Å². The first-order valence-electron chi connectivity index (χ1n) is 11.0. The maximum Gasteiger partial charge on any atom is 0.434 e. The highest BCUT2D eigenvalue weighted by Crippen LogP contribution is 2.33. The Morgan fingerprint density at radius 2 is 1.81 bits per heavy atom. The van der Waals surface area contributed by atoms with Crippen LogP contribution in [-0.4, -0.2) is 37.5 Å². The number of nitrogens with zero attached hydrogens (tertiary/aromatic N) is 6. The number of aromatic nitrogens is 5. The summed E-state index contributed by atoms with van der Waals surface area (Å²) in [5.74, 6) is 1.56. The molecule has 184 valence electrons. The SMILES string of the molecule is COc1ccc(-c2ncc3c(n2)N(Cc2ccc(-c4nc(C(F)(F)F)cn4C)cc2)C(=O)C3)c(C)n1. The van der Waals surface area contributed by atoms with E-state index in [2.05, 4.69) is 19.9 Å². The van der Waals surface area contributed by atoms with Gasteiger partial charge in [-0.05, 0) is 18.6 Å². The molecule has 3 aromatic heterocycles. The summed E-state index contributed by atoms with van der Waals surface area (Å²) in [4.78, 5) is 31.5. The molecule has 11 heteroatoms. The zero-order chi connectivity index (χ0) is 25.6. The number of carbonyl (C=O) groups excluding carboxylic acids is 1. The summed E-state index contributed by atoms with van der Waals surface area (Å²) in [6.07, 6.45) is -1.70. The number of methoxy groups -OCH3 is 1. The molecule has 0 fully saturated rings. The maximum absolute atomic E-state index is 13.0. The molecule has 4 heterocycles. The van der Waals surface area contributed by atoms with E-state index in [0.29, 0.717) is 28.8 Å². The van der Waals surface area contributed by atoms with Gasteiger partial charge in [-0.25, -0.2) is 19.9 Å². The zero-order valence-electron chi connectivity index (χ0n) is 19.7. The lowest BCUT2D eigenvalue weighted by Gasteiger charge is -2.17. The smallest absolute Gasteiger partial charge is 0.434 e. The van der Waals surface area contributed by atoms with Crippen molar-refractivity contribution in [3.63, 3.8) is 0 Å². The number of ether oxygens (including phenoxy) is 1. The van der Waals surface area contributed by atoms with Gasteiger partial charge in [-0.1, -0.05) is 24.3 Å². The van der Waals surface area contributed by atoms with Crippen molar-refractivity contribution in [1.29, 1.82) is 0 Å². The quantitative estimate of drug-likeness (QED) is 0.410. The minimum atomic E-state index is -4.51. The van der Waals surface area contributed by atoms with Crippen LogP contribution in [0.4, 0.5) is 19.0 Å². The van der Waals surface area contributed by atoms with Crippen LogP contribution in [0.2, 0.25) is 0 Å². The molecular formula is C25H21F3N6O2. The Balaban J connectivity index is 1.40. The van der Waals surface area contributed by atoms with Crippen LogP contribution in [0.1, 0.15) is 22.5 Å². The summed E-state index contributed by atoms with van der Waals surface area (Å²) < 4.78 is 45.5. The zero-order valence-corrected chi connectivity index (χ0v) is 19.7. The van der Waals surface area contributed by atoms with Crippen molar-refractivity contribution < 1.29 is 22.7 Å². The van der Waals surface area contributed by atoms with Crippen LogP contribution in [0.15, 0.2) is 48.8 Å². The molecule has 4 aromatic rings. The van der Waals surface area contributed by atoms with Gasteiger partial charge in [0.25, 0.3) is 0 Å². The summed E-state index contributed by atoms with van der Waals surface area (Å²) in [6, 6.07) is 10.5. The van der Waals surface area contributed by atoms with E-state index >= 15 is 0 Å². The number of alkyl halides is 3. The topological polar surface area (TPSA) is 86.0 Å². The number of anilines is 1. The largest absolute Gasteiger partial charge is 0.481 e. The van der Waals surface area contributed by atoms with E-state index in [1.54, 1.807) is 48.5 Å². The number of halogens is 3. The number of imidazole rings is 1. The molecule has 36 heavy (non-hydrogen) atoms. The Hall–Kier alpha value is -4.28. The predicted octanol–water partition coefficient (Wildman–Crippen LogP) is 4.36. The summed E-state index contributed by atoms with van der Waals surface area (Å²) in [5, 5.41) is 0. The Kier molecular flexibility index (Phi) is 5.70. The molecule has 0 N–H and O–H groups in total. The third kappa shape index (κ3) is 4.28. The van der Waals surface area contributed by atoms with Crippen molar-refractivity contribution >= 4 is 11.7 Å². The first-order valence-corrected chi connectivity index (χ1v) is 11.0. The fraction of sp³-hybridized carbons (Fsp3) is 0.240. The molecule has 8 nitrogen and oxygen atoms in total. The number of rotatable bonds is 5. The first kappa shape index (κ1) is 23.5. The first-order chi connectivity index (χ1) is 17.1. The lowest BCUT2D eigenvalue weighted by molar-refractivity contribution is -0.140. The van der Waals surface area contributed by atoms with Gasteiger partial charge in [0.15, 0.2) is 11.5 Å². The van der Waals surface area contributed by atoms with Crippen LogP contribution in [0.3, 0.4) is 0 Å². The molecule has 0 radical (unpaired) electrons. The average Bonchev–Trinajstić information content (AvgIpc) is 3.39. The molecule has 0 spiro atoms. The van der Waals surface area contributed by atoms with E-state index in [1.165, 1.54) is 11.6 Å². The number of fused-ring (bicyclic) bond motifs is 1. The summed E-state index contributed by atoms with van der Waals surface area (Å²) in [6.45, 7) is 2.09. The van der Waals surface area contributed by atoms with Crippen LogP contribution in [0.5, 0.6) is 5.88 Å². The fourth-order valence-corrected chi connectivity index (χ4v) is 4.13. The second-order valence-corrected chi connectivity index (χ2v) is 8.44. The average molecular weight is 494 g/mol. The molecule has 0 bridgehead atoms. The Bertz CT molecular complexity index is 1460. The highest BCUT2D eigenvalue weighted by Gasteiger charge is 2.34. The van der Waals surface area contributed by atoms with E-state index < -0.39 is 11.9 Å². The third-order valence-electron chi connectivity index (χ3n) is 5.97. The van der Waals surface area contributed by atoms with Gasteiger partial charge >= 0.3 is 6.18 Å². The molecule has 0 unspecified atom stereocenters. The number of benzene rings is 1. The monoisotopic (exact) mass is 494 g/mol. The fourth-order valence-electron chi connectivity index (χ4n) is 4.13. The van der Waals surface area contributed by atoms with E-state index in [4.69, 9.17) is 4.74 Å². The van der Waals surface area contributed by atoms with Crippen LogP contribution >= 0.6 is 0 Å².